The lowest BCUT2D eigenvalue weighted by molar-refractivity contribution is 0.296. The second-order valence-electron chi connectivity index (χ2n) is 1.98. The lowest BCUT2D eigenvalue weighted by atomic mass is 10.3. The first kappa shape index (κ1) is 7.77. The normalized spacial score (nSPS) is 9.73. The van der Waals surface area contributed by atoms with Crippen molar-refractivity contribution in [2.45, 2.75) is 0 Å². The van der Waals surface area contributed by atoms with Gasteiger partial charge in [-0.25, -0.2) is 4.39 Å². The molecular formula is C6H6FN2O2-. The first-order chi connectivity index (χ1) is 5.11. The van der Waals surface area contributed by atoms with Crippen molar-refractivity contribution in [2.24, 2.45) is 0 Å². The largest absolute Gasteiger partial charge is 0.733 e. The fourth-order valence-electron chi connectivity index (χ4n) is 0.650. The zero-order valence-corrected chi connectivity index (χ0v) is 5.49. The van der Waals surface area contributed by atoms with Crippen molar-refractivity contribution in [1.29, 1.82) is 0 Å². The molecule has 1 aromatic rings. The molecule has 0 spiro atoms. The summed E-state index contributed by atoms with van der Waals surface area (Å²) in [5, 5.41) is 18.2. The number of anilines is 2. The summed E-state index contributed by atoms with van der Waals surface area (Å²) in [7, 11) is 0. The molecule has 0 fully saturated rings. The summed E-state index contributed by atoms with van der Waals surface area (Å²) in [5.41, 5.74) is 4.84. The van der Waals surface area contributed by atoms with Crippen molar-refractivity contribution in [1.82, 2.24) is 0 Å². The summed E-state index contributed by atoms with van der Waals surface area (Å²) in [6.07, 6.45) is 0. The summed E-state index contributed by atoms with van der Waals surface area (Å²) < 4.78 is 12.4. The average molecular weight is 157 g/mol. The molecule has 0 saturated carbocycles. The lowest BCUT2D eigenvalue weighted by Crippen LogP contribution is -2.07. The minimum atomic E-state index is -0.615. The van der Waals surface area contributed by atoms with Crippen LogP contribution in [-0.2, 0) is 0 Å². The molecule has 0 amide bonds. The van der Waals surface area contributed by atoms with Crippen molar-refractivity contribution in [2.75, 3.05) is 11.0 Å². The topological polar surface area (TPSA) is 72.5 Å². The SMILES string of the molecule is Nc1cc(N([O-])O)ccc1F. The molecule has 3 N–H and O–H groups in total. The molecule has 0 atom stereocenters. The van der Waals surface area contributed by atoms with Crippen molar-refractivity contribution in [3.05, 3.63) is 29.2 Å². The Balaban J connectivity index is 3.05. The molecule has 0 saturated heterocycles. The van der Waals surface area contributed by atoms with Crippen LogP contribution in [0.4, 0.5) is 15.8 Å². The second-order valence-corrected chi connectivity index (χ2v) is 1.98. The summed E-state index contributed by atoms with van der Waals surface area (Å²) in [4.78, 5) is 0. The van der Waals surface area contributed by atoms with Crippen LogP contribution in [0.2, 0.25) is 0 Å². The highest BCUT2D eigenvalue weighted by molar-refractivity contribution is 5.55. The number of benzene rings is 1. The van der Waals surface area contributed by atoms with Crippen LogP contribution in [0.1, 0.15) is 0 Å². The van der Waals surface area contributed by atoms with Crippen molar-refractivity contribution in [3.8, 4) is 0 Å². The van der Waals surface area contributed by atoms with Gasteiger partial charge in [0.05, 0.1) is 11.4 Å². The minimum absolute atomic E-state index is 0.0936. The van der Waals surface area contributed by atoms with E-state index in [0.717, 1.165) is 18.2 Å². The van der Waals surface area contributed by atoms with Crippen LogP contribution in [-0.4, -0.2) is 5.21 Å². The third kappa shape index (κ3) is 1.57. The number of nitrogens with zero attached hydrogens (tertiary/aromatic N) is 1. The highest BCUT2D eigenvalue weighted by Crippen LogP contribution is 2.18. The van der Waals surface area contributed by atoms with Gasteiger partial charge in [0.25, 0.3) is 0 Å². The minimum Gasteiger partial charge on any atom is -0.733 e. The molecule has 0 aliphatic carbocycles. The first-order valence-corrected chi connectivity index (χ1v) is 2.82. The molecule has 0 aromatic heterocycles. The quantitative estimate of drug-likeness (QED) is 0.473. The molecule has 0 aliphatic rings. The van der Waals surface area contributed by atoms with E-state index in [1.54, 1.807) is 0 Å². The summed E-state index contributed by atoms with van der Waals surface area (Å²) in [6, 6.07) is 3.17. The number of nitrogens with two attached hydrogens (primary N) is 1. The fourth-order valence-corrected chi connectivity index (χ4v) is 0.650. The van der Waals surface area contributed by atoms with Crippen LogP contribution >= 0.6 is 0 Å². The molecule has 1 aromatic carbocycles. The van der Waals surface area contributed by atoms with E-state index in [4.69, 9.17) is 10.9 Å². The molecule has 0 unspecified atom stereocenters. The number of halogens is 1. The Hall–Kier alpha value is -1.33. The van der Waals surface area contributed by atoms with E-state index in [9.17, 15) is 9.60 Å². The molecule has 60 valence electrons. The zero-order valence-electron chi connectivity index (χ0n) is 5.49. The molecule has 4 nitrogen and oxygen atoms in total. The molecule has 0 heterocycles. The molecule has 11 heavy (non-hydrogen) atoms. The van der Waals surface area contributed by atoms with Crippen LogP contribution in [0.5, 0.6) is 0 Å². The standard InChI is InChI=1S/C6H6FN2O2/c7-5-2-1-4(9(10)11)3-6(5)8/h1-3,10H,8H2/q-1. The average Bonchev–Trinajstić information content (AvgIpc) is 1.94. The third-order valence-electron chi connectivity index (χ3n) is 1.20. The summed E-state index contributed by atoms with van der Waals surface area (Å²) >= 11 is 0. The first-order valence-electron chi connectivity index (χ1n) is 2.82. The van der Waals surface area contributed by atoms with Gasteiger partial charge >= 0.3 is 0 Å². The van der Waals surface area contributed by atoms with Crippen molar-refractivity contribution < 1.29 is 9.60 Å². The lowest BCUT2D eigenvalue weighted by Gasteiger charge is -2.21. The van der Waals surface area contributed by atoms with Crippen LogP contribution < -0.4 is 11.0 Å². The molecule has 5 heteroatoms. The van der Waals surface area contributed by atoms with Crippen LogP contribution in [0.25, 0.3) is 0 Å². The smallest absolute Gasteiger partial charge is 0.146 e. The van der Waals surface area contributed by atoms with Crippen LogP contribution in [0, 0.1) is 11.0 Å². The van der Waals surface area contributed by atoms with Gasteiger partial charge in [-0.3, -0.25) is 5.21 Å². The van der Waals surface area contributed by atoms with Gasteiger partial charge in [-0.15, -0.1) is 0 Å². The molecule has 0 bridgehead atoms. The van der Waals surface area contributed by atoms with Gasteiger partial charge in [-0.05, 0) is 18.2 Å². The van der Waals surface area contributed by atoms with Crippen molar-refractivity contribution in [3.63, 3.8) is 0 Å². The van der Waals surface area contributed by atoms with Gasteiger partial charge in [-0.2, -0.15) is 0 Å². The molecule has 1 rings (SSSR count). The maximum Gasteiger partial charge on any atom is 0.146 e. The van der Waals surface area contributed by atoms with Gasteiger partial charge in [-0.1, -0.05) is 0 Å². The third-order valence-corrected chi connectivity index (χ3v) is 1.20. The Labute approximate surface area is 62.2 Å². The van der Waals surface area contributed by atoms with E-state index in [0.29, 0.717) is 0 Å². The maximum atomic E-state index is 12.4. The Bertz CT molecular complexity index is 265. The van der Waals surface area contributed by atoms with Crippen LogP contribution in [0.15, 0.2) is 18.2 Å². The van der Waals surface area contributed by atoms with E-state index < -0.39 is 5.82 Å². The van der Waals surface area contributed by atoms with Crippen LogP contribution in [0.3, 0.4) is 0 Å². The van der Waals surface area contributed by atoms with E-state index in [1.165, 1.54) is 0 Å². The maximum absolute atomic E-state index is 12.4. The Morgan fingerprint density at radius 1 is 1.55 bits per heavy atom. The van der Waals surface area contributed by atoms with E-state index in [2.05, 4.69) is 0 Å². The van der Waals surface area contributed by atoms with Gasteiger partial charge in [0.2, 0.25) is 0 Å². The predicted octanol–water partition coefficient (Wildman–Crippen LogP) is 1.10. The summed E-state index contributed by atoms with van der Waals surface area (Å²) in [5.74, 6) is -0.615. The van der Waals surface area contributed by atoms with E-state index in [1.807, 2.05) is 0 Å². The van der Waals surface area contributed by atoms with Gasteiger partial charge in [0.1, 0.15) is 5.82 Å². The number of nitrogen functional groups attached to an aromatic ring is 1. The summed E-state index contributed by atoms with van der Waals surface area (Å²) in [6.45, 7) is 0. The highest BCUT2D eigenvalue weighted by Gasteiger charge is 1.98. The number of hydrogen-bond acceptors (Lipinski definition) is 4. The molecular weight excluding hydrogens is 151 g/mol. The van der Waals surface area contributed by atoms with E-state index in [-0.39, 0.29) is 16.6 Å². The van der Waals surface area contributed by atoms with Crippen molar-refractivity contribution >= 4 is 11.4 Å². The van der Waals surface area contributed by atoms with Gasteiger partial charge in [0, 0.05) is 0 Å². The Morgan fingerprint density at radius 2 is 2.18 bits per heavy atom. The number of rotatable bonds is 1. The molecule has 0 radical (unpaired) electrons. The highest BCUT2D eigenvalue weighted by atomic mass is 19.1. The fraction of sp³-hybridized carbons (Fsp3) is 0. The monoisotopic (exact) mass is 157 g/mol. The zero-order chi connectivity index (χ0) is 8.43. The number of hydrogen-bond donors (Lipinski definition) is 2. The van der Waals surface area contributed by atoms with Gasteiger partial charge < -0.3 is 16.2 Å². The second kappa shape index (κ2) is 2.73. The molecule has 0 aliphatic heterocycles. The Kier molecular flexibility index (Phi) is 1.93. The van der Waals surface area contributed by atoms with Gasteiger partial charge in [0.15, 0.2) is 0 Å². The van der Waals surface area contributed by atoms with E-state index >= 15 is 0 Å². The predicted molar refractivity (Wildman–Crippen MR) is 38.4 cm³/mol. The Morgan fingerprint density at radius 3 is 2.64 bits per heavy atom.